The average Bonchev–Trinajstić information content (AvgIpc) is 3.14. The first-order valence-electron chi connectivity index (χ1n) is 8.25. The third-order valence-corrected chi connectivity index (χ3v) is 3.91. The van der Waals surface area contributed by atoms with Crippen LogP contribution in [0.4, 0.5) is 0 Å². The smallest absolute Gasteiger partial charge is 0.191 e. The number of aromatic nitrogens is 2. The molecular formula is C19H24IN5. The Labute approximate surface area is 165 Å². The Bertz CT molecular complexity index is 798. The van der Waals surface area contributed by atoms with Gasteiger partial charge in [0.1, 0.15) is 0 Å². The first-order valence-corrected chi connectivity index (χ1v) is 8.25. The molecular weight excluding hydrogens is 425 g/mol. The van der Waals surface area contributed by atoms with Crippen LogP contribution in [-0.2, 0) is 13.1 Å². The SMILES string of the molecule is CN=C(NCCCn1cccn1)NCc1ccc2ccccc2c1.I. The highest BCUT2D eigenvalue weighted by molar-refractivity contribution is 14.0. The lowest BCUT2D eigenvalue weighted by Crippen LogP contribution is -2.37. The summed E-state index contributed by atoms with van der Waals surface area (Å²) < 4.78 is 1.94. The van der Waals surface area contributed by atoms with Crippen molar-refractivity contribution in [2.45, 2.75) is 19.5 Å². The first kappa shape index (κ1) is 19.2. The molecule has 2 N–H and O–H groups in total. The second-order valence-electron chi connectivity index (χ2n) is 5.66. The van der Waals surface area contributed by atoms with E-state index in [1.54, 1.807) is 13.2 Å². The van der Waals surface area contributed by atoms with Crippen molar-refractivity contribution in [2.75, 3.05) is 13.6 Å². The lowest BCUT2D eigenvalue weighted by atomic mass is 10.1. The molecule has 3 rings (SSSR count). The molecule has 5 nitrogen and oxygen atoms in total. The average molecular weight is 449 g/mol. The minimum absolute atomic E-state index is 0. The van der Waals surface area contributed by atoms with E-state index in [0.717, 1.165) is 32.0 Å². The van der Waals surface area contributed by atoms with E-state index in [-0.39, 0.29) is 24.0 Å². The van der Waals surface area contributed by atoms with Crippen molar-refractivity contribution in [2.24, 2.45) is 4.99 Å². The molecule has 3 aromatic rings. The number of hydrogen-bond acceptors (Lipinski definition) is 2. The molecule has 132 valence electrons. The van der Waals surface area contributed by atoms with Crippen LogP contribution in [-0.4, -0.2) is 29.3 Å². The van der Waals surface area contributed by atoms with Gasteiger partial charge in [0.05, 0.1) is 0 Å². The van der Waals surface area contributed by atoms with E-state index in [0.29, 0.717) is 0 Å². The minimum atomic E-state index is 0. The molecule has 0 fully saturated rings. The van der Waals surface area contributed by atoms with Crippen molar-refractivity contribution < 1.29 is 0 Å². The van der Waals surface area contributed by atoms with Crippen molar-refractivity contribution in [3.8, 4) is 0 Å². The Hall–Kier alpha value is -2.09. The van der Waals surface area contributed by atoms with Gasteiger partial charge in [0.15, 0.2) is 5.96 Å². The third-order valence-electron chi connectivity index (χ3n) is 3.91. The van der Waals surface area contributed by atoms with Crippen LogP contribution in [0.2, 0.25) is 0 Å². The molecule has 6 heteroatoms. The zero-order chi connectivity index (χ0) is 16.6. The first-order chi connectivity index (χ1) is 11.8. The van der Waals surface area contributed by atoms with Crippen molar-refractivity contribution >= 4 is 40.7 Å². The van der Waals surface area contributed by atoms with Crippen LogP contribution in [0, 0.1) is 0 Å². The number of guanidine groups is 1. The highest BCUT2D eigenvalue weighted by atomic mass is 127. The number of aryl methyl sites for hydroxylation is 1. The molecule has 0 bridgehead atoms. The standard InChI is InChI=1S/C19H23N5.HI/c1-20-19(21-10-4-12-24-13-5-11-23-24)22-15-16-8-9-17-6-2-3-7-18(17)14-16;/h2-3,5-9,11,13-14H,4,10,12,15H2,1H3,(H2,20,21,22);1H. The molecule has 1 heterocycles. The number of aliphatic imine (C=N–C) groups is 1. The molecule has 0 aliphatic carbocycles. The maximum atomic E-state index is 4.27. The molecule has 0 spiro atoms. The van der Waals surface area contributed by atoms with Gasteiger partial charge in [0, 0.05) is 39.1 Å². The van der Waals surface area contributed by atoms with Crippen LogP contribution in [0.15, 0.2) is 65.9 Å². The van der Waals surface area contributed by atoms with Gasteiger partial charge in [-0.15, -0.1) is 24.0 Å². The Balaban J connectivity index is 0.00000225. The van der Waals surface area contributed by atoms with E-state index in [1.165, 1.54) is 16.3 Å². The summed E-state index contributed by atoms with van der Waals surface area (Å²) in [4.78, 5) is 4.27. The lowest BCUT2D eigenvalue weighted by Gasteiger charge is -2.12. The van der Waals surface area contributed by atoms with Crippen LogP contribution in [0.3, 0.4) is 0 Å². The van der Waals surface area contributed by atoms with Crippen molar-refractivity contribution in [3.05, 3.63) is 66.5 Å². The molecule has 0 radical (unpaired) electrons. The number of halogens is 1. The summed E-state index contributed by atoms with van der Waals surface area (Å²) in [7, 11) is 1.79. The van der Waals surface area contributed by atoms with Crippen LogP contribution >= 0.6 is 24.0 Å². The summed E-state index contributed by atoms with van der Waals surface area (Å²) >= 11 is 0. The number of fused-ring (bicyclic) bond motifs is 1. The summed E-state index contributed by atoms with van der Waals surface area (Å²) in [6.45, 7) is 2.52. The predicted octanol–water partition coefficient (Wildman–Crippen LogP) is 3.41. The summed E-state index contributed by atoms with van der Waals surface area (Å²) in [6, 6.07) is 16.9. The lowest BCUT2D eigenvalue weighted by molar-refractivity contribution is 0.570. The largest absolute Gasteiger partial charge is 0.356 e. The second-order valence-corrected chi connectivity index (χ2v) is 5.66. The van der Waals surface area contributed by atoms with Gasteiger partial charge in [-0.25, -0.2) is 0 Å². The Kier molecular flexibility index (Phi) is 7.72. The molecule has 0 unspecified atom stereocenters. The minimum Gasteiger partial charge on any atom is -0.356 e. The van der Waals surface area contributed by atoms with E-state index in [9.17, 15) is 0 Å². The van der Waals surface area contributed by atoms with Crippen molar-refractivity contribution in [1.29, 1.82) is 0 Å². The Morgan fingerprint density at radius 3 is 2.68 bits per heavy atom. The highest BCUT2D eigenvalue weighted by Crippen LogP contribution is 2.15. The molecule has 0 saturated heterocycles. The Morgan fingerprint density at radius 2 is 1.92 bits per heavy atom. The molecule has 25 heavy (non-hydrogen) atoms. The molecule has 0 atom stereocenters. The van der Waals surface area contributed by atoms with E-state index >= 15 is 0 Å². The van der Waals surface area contributed by atoms with Crippen LogP contribution in [0.25, 0.3) is 10.8 Å². The molecule has 0 saturated carbocycles. The highest BCUT2D eigenvalue weighted by Gasteiger charge is 2.00. The van der Waals surface area contributed by atoms with Crippen LogP contribution in [0.1, 0.15) is 12.0 Å². The van der Waals surface area contributed by atoms with Gasteiger partial charge in [-0.05, 0) is 34.9 Å². The fourth-order valence-electron chi connectivity index (χ4n) is 2.64. The molecule has 1 aromatic heterocycles. The quantitative estimate of drug-likeness (QED) is 0.263. The van der Waals surface area contributed by atoms with Gasteiger partial charge in [-0.3, -0.25) is 9.67 Å². The zero-order valence-corrected chi connectivity index (χ0v) is 16.7. The second kappa shape index (κ2) is 10.0. The van der Waals surface area contributed by atoms with E-state index in [2.05, 4.69) is 63.2 Å². The number of hydrogen-bond donors (Lipinski definition) is 2. The molecule has 0 aliphatic rings. The number of benzene rings is 2. The molecule has 2 aromatic carbocycles. The van der Waals surface area contributed by atoms with Gasteiger partial charge in [0.25, 0.3) is 0 Å². The molecule has 0 aliphatic heterocycles. The monoisotopic (exact) mass is 449 g/mol. The fraction of sp³-hybridized carbons (Fsp3) is 0.263. The van der Waals surface area contributed by atoms with Gasteiger partial charge < -0.3 is 10.6 Å². The predicted molar refractivity (Wildman–Crippen MR) is 114 cm³/mol. The van der Waals surface area contributed by atoms with Gasteiger partial charge in [-0.1, -0.05) is 36.4 Å². The summed E-state index contributed by atoms with van der Waals surface area (Å²) in [6.07, 6.45) is 4.78. The Morgan fingerprint density at radius 1 is 1.08 bits per heavy atom. The van der Waals surface area contributed by atoms with Gasteiger partial charge in [0.2, 0.25) is 0 Å². The molecule has 0 amide bonds. The number of nitrogens with zero attached hydrogens (tertiary/aromatic N) is 3. The maximum Gasteiger partial charge on any atom is 0.191 e. The third kappa shape index (κ3) is 5.74. The number of rotatable bonds is 6. The fourth-order valence-corrected chi connectivity index (χ4v) is 2.64. The van der Waals surface area contributed by atoms with E-state index in [4.69, 9.17) is 0 Å². The number of nitrogens with one attached hydrogen (secondary N) is 2. The van der Waals surface area contributed by atoms with Gasteiger partial charge >= 0.3 is 0 Å². The summed E-state index contributed by atoms with van der Waals surface area (Å²) in [5.41, 5.74) is 1.24. The van der Waals surface area contributed by atoms with Crippen molar-refractivity contribution in [3.63, 3.8) is 0 Å². The van der Waals surface area contributed by atoms with E-state index in [1.807, 2.05) is 16.9 Å². The zero-order valence-electron chi connectivity index (χ0n) is 14.4. The normalized spacial score (nSPS) is 11.2. The topological polar surface area (TPSA) is 54.2 Å². The van der Waals surface area contributed by atoms with Crippen LogP contribution in [0.5, 0.6) is 0 Å². The van der Waals surface area contributed by atoms with Gasteiger partial charge in [-0.2, -0.15) is 5.10 Å². The summed E-state index contributed by atoms with van der Waals surface area (Å²) in [5.74, 6) is 0.823. The summed E-state index contributed by atoms with van der Waals surface area (Å²) in [5, 5.41) is 13.4. The van der Waals surface area contributed by atoms with E-state index < -0.39 is 0 Å². The van der Waals surface area contributed by atoms with Crippen LogP contribution < -0.4 is 10.6 Å². The van der Waals surface area contributed by atoms with Crippen molar-refractivity contribution in [1.82, 2.24) is 20.4 Å². The maximum absolute atomic E-state index is 4.27.